The number of aliphatic hydroxyl groups excluding tert-OH is 8. The van der Waals surface area contributed by atoms with Gasteiger partial charge in [-0.15, -0.1) is 0 Å². The monoisotopic (exact) mass is 704 g/mol. The fourth-order valence-corrected chi connectivity index (χ4v) is 5.30. The molecule has 3 saturated heterocycles. The van der Waals surface area contributed by atoms with E-state index in [0.29, 0.717) is 12.8 Å². The topological polar surface area (TPSA) is 285 Å². The molecule has 3 aliphatic heterocycles. The SMILES string of the molecule is O=C(CCCCC(=O)NCCO[C@H]1OC(CO)[C@@H](O)C(O)C1O)NCCO[C@@H]1CC(OF)[C@H](O)C(CO[C@H]2OC(CO)[C@@H](O)CC2O)O1. The lowest BCUT2D eigenvalue weighted by Gasteiger charge is -2.39. The van der Waals surface area contributed by atoms with Crippen molar-refractivity contribution in [2.75, 3.05) is 46.1 Å². The van der Waals surface area contributed by atoms with Gasteiger partial charge in [0.2, 0.25) is 11.8 Å². The molecule has 20 heteroatoms. The Morgan fingerprint density at radius 2 is 1.27 bits per heavy atom. The number of amides is 2. The predicted octanol–water partition coefficient (Wildman–Crippen LogP) is -4.80. The lowest BCUT2D eigenvalue weighted by molar-refractivity contribution is -0.321. The van der Waals surface area contributed by atoms with Gasteiger partial charge in [0.15, 0.2) is 18.9 Å². The average molecular weight is 705 g/mol. The molecular weight excluding hydrogens is 655 g/mol. The van der Waals surface area contributed by atoms with Gasteiger partial charge in [0.1, 0.15) is 54.9 Å². The normalized spacial score (nSPS) is 37.2. The van der Waals surface area contributed by atoms with E-state index < -0.39 is 93.1 Å². The summed E-state index contributed by atoms with van der Waals surface area (Å²) in [5, 5.41) is 83.5. The van der Waals surface area contributed by atoms with Gasteiger partial charge in [-0.1, -0.05) is 0 Å². The Labute approximate surface area is 275 Å². The van der Waals surface area contributed by atoms with Crippen LogP contribution >= 0.6 is 0 Å². The van der Waals surface area contributed by atoms with Gasteiger partial charge >= 0.3 is 0 Å². The summed E-state index contributed by atoms with van der Waals surface area (Å²) in [5.74, 6) is -0.589. The Morgan fingerprint density at radius 1 is 0.667 bits per heavy atom. The molecule has 0 aromatic rings. The maximum atomic E-state index is 13.1. The molecule has 7 unspecified atom stereocenters. The van der Waals surface area contributed by atoms with Crippen molar-refractivity contribution in [3.63, 3.8) is 0 Å². The van der Waals surface area contributed by atoms with Crippen LogP contribution in [0.2, 0.25) is 0 Å². The van der Waals surface area contributed by atoms with Crippen molar-refractivity contribution in [3.8, 4) is 0 Å². The van der Waals surface area contributed by atoms with Crippen LogP contribution in [0.5, 0.6) is 0 Å². The minimum atomic E-state index is -1.56. The zero-order chi connectivity index (χ0) is 35.2. The number of halogens is 1. The first-order valence-electron chi connectivity index (χ1n) is 15.9. The molecule has 3 rings (SSSR count). The van der Waals surface area contributed by atoms with Crippen LogP contribution in [0, 0.1) is 0 Å². The van der Waals surface area contributed by atoms with Crippen LogP contribution in [0.25, 0.3) is 0 Å². The molecule has 3 heterocycles. The molecule has 3 fully saturated rings. The van der Waals surface area contributed by atoms with Crippen LogP contribution in [0.15, 0.2) is 0 Å². The summed E-state index contributed by atoms with van der Waals surface area (Å²) in [7, 11) is 0. The smallest absolute Gasteiger partial charge is 0.220 e. The molecule has 48 heavy (non-hydrogen) atoms. The van der Waals surface area contributed by atoms with Gasteiger partial charge in [-0.2, -0.15) is 4.94 Å². The summed E-state index contributed by atoms with van der Waals surface area (Å²) >= 11 is 0. The molecule has 0 aliphatic carbocycles. The van der Waals surface area contributed by atoms with E-state index in [1.165, 1.54) is 0 Å². The molecule has 0 saturated carbocycles. The summed E-state index contributed by atoms with van der Waals surface area (Å²) < 4.78 is 45.6. The van der Waals surface area contributed by atoms with Crippen LogP contribution in [0.1, 0.15) is 38.5 Å². The van der Waals surface area contributed by atoms with E-state index in [0.717, 1.165) is 0 Å². The molecule has 0 bridgehead atoms. The van der Waals surface area contributed by atoms with Gasteiger partial charge in [0.05, 0.1) is 39.1 Å². The quantitative estimate of drug-likeness (QED) is 0.0565. The Balaban J connectivity index is 1.24. The van der Waals surface area contributed by atoms with Crippen LogP contribution < -0.4 is 10.6 Å². The number of carbonyl (C=O) groups excluding carboxylic acids is 2. The fraction of sp³-hybridized carbons (Fsp3) is 0.929. The fourth-order valence-electron chi connectivity index (χ4n) is 5.30. The molecule has 0 aromatic heterocycles. The molecule has 0 spiro atoms. The van der Waals surface area contributed by atoms with E-state index in [-0.39, 0.29) is 70.4 Å². The highest BCUT2D eigenvalue weighted by molar-refractivity contribution is 5.77. The summed E-state index contributed by atoms with van der Waals surface area (Å²) in [6.07, 6.45) is -15.6. The molecule has 13 atom stereocenters. The van der Waals surface area contributed by atoms with Crippen molar-refractivity contribution in [1.29, 1.82) is 0 Å². The minimum Gasteiger partial charge on any atom is -0.394 e. The number of unbranched alkanes of at least 4 members (excludes halogenated alkanes) is 1. The first-order valence-corrected chi connectivity index (χ1v) is 15.9. The molecule has 3 aliphatic rings. The number of hydrogen-bond donors (Lipinski definition) is 10. The van der Waals surface area contributed by atoms with Gasteiger partial charge in [-0.25, -0.2) is 0 Å². The van der Waals surface area contributed by atoms with Crippen LogP contribution in [-0.4, -0.2) is 179 Å². The predicted molar refractivity (Wildman–Crippen MR) is 154 cm³/mol. The van der Waals surface area contributed by atoms with Gasteiger partial charge < -0.3 is 79.9 Å². The summed E-state index contributed by atoms with van der Waals surface area (Å²) in [6, 6.07) is 0. The number of aliphatic hydroxyl groups is 8. The second-order valence-electron chi connectivity index (χ2n) is 11.7. The third-order valence-electron chi connectivity index (χ3n) is 8.11. The van der Waals surface area contributed by atoms with Crippen LogP contribution in [-0.2, 0) is 43.0 Å². The van der Waals surface area contributed by atoms with Crippen molar-refractivity contribution in [2.45, 2.75) is 118 Å². The molecule has 2 amide bonds. The third kappa shape index (κ3) is 12.2. The lowest BCUT2D eigenvalue weighted by Crippen LogP contribution is -2.59. The Morgan fingerprint density at radius 3 is 1.88 bits per heavy atom. The summed E-state index contributed by atoms with van der Waals surface area (Å²) in [4.78, 5) is 28.1. The second kappa shape index (κ2) is 20.8. The van der Waals surface area contributed by atoms with Crippen molar-refractivity contribution >= 4 is 11.8 Å². The zero-order valence-corrected chi connectivity index (χ0v) is 26.3. The van der Waals surface area contributed by atoms with E-state index in [1.54, 1.807) is 0 Å². The molecule has 19 nitrogen and oxygen atoms in total. The van der Waals surface area contributed by atoms with Crippen molar-refractivity contribution in [2.24, 2.45) is 0 Å². The van der Waals surface area contributed by atoms with Gasteiger partial charge in [0.25, 0.3) is 0 Å². The number of hydrogen-bond acceptors (Lipinski definition) is 17. The van der Waals surface area contributed by atoms with E-state index in [2.05, 4.69) is 15.6 Å². The minimum absolute atomic E-state index is 0.0206. The molecule has 0 radical (unpaired) electrons. The van der Waals surface area contributed by atoms with Gasteiger partial charge in [-0.05, 0) is 17.4 Å². The van der Waals surface area contributed by atoms with E-state index in [4.69, 9.17) is 28.4 Å². The standard InChI is InChI=1S/C28H49FN2O17/c29-48-16-10-22(45-19(23(16)38)13-44-27-15(35)9-14(34)17(11-32)46-27)42-7-5-30-20(36)3-1-2-4-21(37)31-6-8-43-28-26(41)25(40)24(39)18(12-33)47-28/h14-19,22-28,32-35,38-41H,1-13H2,(H,30,36)(H,31,37)/t14-,15?,16?,17?,18?,19?,22-,23-,24+,25?,26?,27-,28-/m0/s1. The Kier molecular flexibility index (Phi) is 17.7. The zero-order valence-electron chi connectivity index (χ0n) is 26.3. The second-order valence-corrected chi connectivity index (χ2v) is 11.7. The van der Waals surface area contributed by atoms with Crippen LogP contribution in [0.3, 0.4) is 0 Å². The highest BCUT2D eigenvalue weighted by Crippen LogP contribution is 2.27. The van der Waals surface area contributed by atoms with E-state index in [1.807, 2.05) is 0 Å². The molecule has 0 aromatic carbocycles. The first kappa shape index (κ1) is 40.7. The summed E-state index contributed by atoms with van der Waals surface area (Å²) in [6.45, 7) is -1.39. The lowest BCUT2D eigenvalue weighted by atomic mass is 9.99. The molecule has 10 N–H and O–H groups in total. The van der Waals surface area contributed by atoms with Gasteiger partial charge in [-0.3, -0.25) is 9.59 Å². The highest BCUT2D eigenvalue weighted by Gasteiger charge is 2.44. The number of nitrogens with one attached hydrogen (secondary N) is 2. The van der Waals surface area contributed by atoms with Gasteiger partial charge in [0, 0.05) is 38.8 Å². The Hall–Kier alpha value is -1.73. The molecular formula is C28H49FN2O17. The maximum Gasteiger partial charge on any atom is 0.220 e. The first-order chi connectivity index (χ1) is 23.0. The largest absolute Gasteiger partial charge is 0.394 e. The van der Waals surface area contributed by atoms with E-state index in [9.17, 15) is 55.0 Å². The maximum absolute atomic E-state index is 13.1. The number of ether oxygens (including phenoxy) is 6. The summed E-state index contributed by atoms with van der Waals surface area (Å²) in [5.41, 5.74) is 0. The number of rotatable bonds is 19. The third-order valence-corrected chi connectivity index (χ3v) is 8.11. The average Bonchev–Trinajstić information content (AvgIpc) is 3.07. The Bertz CT molecular complexity index is 956. The van der Waals surface area contributed by atoms with Crippen molar-refractivity contribution in [1.82, 2.24) is 10.6 Å². The molecule has 280 valence electrons. The van der Waals surface area contributed by atoms with Crippen molar-refractivity contribution < 1.29 is 88.3 Å². The number of carbonyl (C=O) groups is 2. The highest BCUT2D eigenvalue weighted by atomic mass is 19.3. The van der Waals surface area contributed by atoms with Crippen LogP contribution in [0.4, 0.5) is 4.53 Å². The van der Waals surface area contributed by atoms with E-state index >= 15 is 0 Å². The van der Waals surface area contributed by atoms with Crippen molar-refractivity contribution in [3.05, 3.63) is 0 Å².